The van der Waals surface area contributed by atoms with Crippen LogP contribution < -0.4 is 5.32 Å². The van der Waals surface area contributed by atoms with Crippen LogP contribution in [0.25, 0.3) is 0 Å². The van der Waals surface area contributed by atoms with Crippen molar-refractivity contribution in [2.45, 2.75) is 111 Å². The summed E-state index contributed by atoms with van der Waals surface area (Å²) in [4.78, 5) is 0. The summed E-state index contributed by atoms with van der Waals surface area (Å²) >= 11 is 0. The maximum Gasteiger partial charge on any atom is 0.00927 e. The minimum atomic E-state index is 0.688. The predicted octanol–water partition coefficient (Wildman–Crippen LogP) is 7.06. The van der Waals surface area contributed by atoms with Gasteiger partial charge in [-0.3, -0.25) is 0 Å². The number of rotatable bonds is 2. The lowest BCUT2D eigenvalue weighted by atomic mass is 9.44. The van der Waals surface area contributed by atoms with Crippen molar-refractivity contribution in [1.29, 1.82) is 0 Å². The van der Waals surface area contributed by atoms with E-state index >= 15 is 0 Å². The van der Waals surface area contributed by atoms with Gasteiger partial charge in [0.25, 0.3) is 0 Å². The van der Waals surface area contributed by atoms with Crippen LogP contribution in [0, 0.1) is 45.8 Å². The molecule has 0 radical (unpaired) electrons. The highest BCUT2D eigenvalue weighted by Crippen LogP contribution is 2.85. The SMILES string of the molecule is CC.CCC1CCCC2C3CCC4C(C)C(NC)CCC45CC35CCC12C. The molecule has 156 valence electrons. The fraction of sp³-hybridized carbons (Fsp3) is 1.00. The lowest BCUT2D eigenvalue weighted by Gasteiger charge is -2.61. The first-order valence-electron chi connectivity index (χ1n) is 12.7. The molecule has 9 unspecified atom stereocenters. The Balaban J connectivity index is 0.000000872. The van der Waals surface area contributed by atoms with Crippen LogP contribution in [0.4, 0.5) is 0 Å². The topological polar surface area (TPSA) is 12.0 Å². The second kappa shape index (κ2) is 7.03. The number of hydrogen-bond acceptors (Lipinski definition) is 1. The zero-order valence-corrected chi connectivity index (χ0v) is 19.2. The Kier molecular flexibility index (Phi) is 5.27. The first kappa shape index (κ1) is 20.2. The molecule has 0 bridgehead atoms. The maximum atomic E-state index is 3.66. The van der Waals surface area contributed by atoms with E-state index in [4.69, 9.17) is 0 Å². The fourth-order valence-corrected chi connectivity index (χ4v) is 9.95. The molecule has 0 saturated heterocycles. The lowest BCUT2D eigenvalue weighted by Crippen LogP contribution is -2.55. The molecule has 5 aliphatic rings. The minimum Gasteiger partial charge on any atom is -0.317 e. The van der Waals surface area contributed by atoms with E-state index < -0.39 is 0 Å². The molecule has 5 rings (SSSR count). The van der Waals surface area contributed by atoms with Gasteiger partial charge in [-0.15, -0.1) is 0 Å². The van der Waals surface area contributed by atoms with Gasteiger partial charge >= 0.3 is 0 Å². The number of hydrogen-bond donors (Lipinski definition) is 1. The summed E-state index contributed by atoms with van der Waals surface area (Å²) in [6.45, 7) is 11.8. The summed E-state index contributed by atoms with van der Waals surface area (Å²) in [5.41, 5.74) is 2.26. The average Bonchev–Trinajstić information content (AvgIpc) is 3.36. The van der Waals surface area contributed by atoms with E-state index in [0.29, 0.717) is 5.41 Å². The summed E-state index contributed by atoms with van der Waals surface area (Å²) in [6.07, 6.45) is 16.9. The van der Waals surface area contributed by atoms with E-state index in [9.17, 15) is 0 Å². The minimum absolute atomic E-state index is 0.688. The smallest absolute Gasteiger partial charge is 0.00927 e. The van der Waals surface area contributed by atoms with Crippen molar-refractivity contribution >= 4 is 0 Å². The van der Waals surface area contributed by atoms with Gasteiger partial charge in [0.05, 0.1) is 0 Å². The third-order valence-electron chi connectivity index (χ3n) is 11.2. The van der Waals surface area contributed by atoms with Gasteiger partial charge in [-0.1, -0.05) is 47.5 Å². The van der Waals surface area contributed by atoms with Crippen LogP contribution in [0.15, 0.2) is 0 Å². The van der Waals surface area contributed by atoms with Gasteiger partial charge in [0.1, 0.15) is 0 Å². The second-order valence-corrected chi connectivity index (χ2v) is 11.2. The molecular weight excluding hydrogens is 326 g/mol. The van der Waals surface area contributed by atoms with Gasteiger partial charge in [-0.05, 0) is 111 Å². The Morgan fingerprint density at radius 2 is 1.56 bits per heavy atom. The monoisotopic (exact) mass is 373 g/mol. The third kappa shape index (κ3) is 2.52. The van der Waals surface area contributed by atoms with Crippen molar-refractivity contribution < 1.29 is 0 Å². The van der Waals surface area contributed by atoms with Crippen molar-refractivity contribution in [2.75, 3.05) is 7.05 Å². The Labute approximate surface area is 169 Å². The van der Waals surface area contributed by atoms with Gasteiger partial charge in [-0.25, -0.2) is 0 Å². The lowest BCUT2D eigenvalue weighted by molar-refractivity contribution is -0.118. The van der Waals surface area contributed by atoms with Crippen molar-refractivity contribution in [3.05, 3.63) is 0 Å². The van der Waals surface area contributed by atoms with Gasteiger partial charge in [-0.2, -0.15) is 0 Å². The molecule has 0 heterocycles. The van der Waals surface area contributed by atoms with Crippen molar-refractivity contribution in [1.82, 2.24) is 5.32 Å². The van der Waals surface area contributed by atoms with Gasteiger partial charge < -0.3 is 5.32 Å². The summed E-state index contributed by atoms with van der Waals surface area (Å²) < 4.78 is 0. The van der Waals surface area contributed by atoms with E-state index in [-0.39, 0.29) is 0 Å². The van der Waals surface area contributed by atoms with Crippen LogP contribution in [0.1, 0.15) is 105 Å². The first-order chi connectivity index (χ1) is 13.0. The van der Waals surface area contributed by atoms with E-state index in [1.165, 1.54) is 25.7 Å². The quantitative estimate of drug-likeness (QED) is 0.546. The summed E-state index contributed by atoms with van der Waals surface area (Å²) in [6, 6.07) is 0.790. The van der Waals surface area contributed by atoms with Crippen LogP contribution >= 0.6 is 0 Å². The summed E-state index contributed by atoms with van der Waals surface area (Å²) in [7, 11) is 2.20. The molecule has 27 heavy (non-hydrogen) atoms. The normalized spacial score (nSPS) is 55.8. The Bertz CT molecular complexity index is 542. The Hall–Kier alpha value is -0.0400. The van der Waals surface area contributed by atoms with Crippen molar-refractivity contribution in [3.63, 3.8) is 0 Å². The third-order valence-corrected chi connectivity index (χ3v) is 11.2. The second-order valence-electron chi connectivity index (χ2n) is 11.2. The predicted molar refractivity (Wildman–Crippen MR) is 117 cm³/mol. The van der Waals surface area contributed by atoms with Crippen LogP contribution in [0.5, 0.6) is 0 Å². The highest BCUT2D eigenvalue weighted by molar-refractivity contribution is 5.27. The van der Waals surface area contributed by atoms with Gasteiger partial charge in [0.15, 0.2) is 0 Å². The van der Waals surface area contributed by atoms with E-state index in [2.05, 4.69) is 33.1 Å². The zero-order valence-electron chi connectivity index (χ0n) is 19.2. The molecule has 1 N–H and O–H groups in total. The Morgan fingerprint density at radius 3 is 2.26 bits per heavy atom. The maximum absolute atomic E-state index is 3.66. The van der Waals surface area contributed by atoms with Gasteiger partial charge in [0, 0.05) is 6.04 Å². The van der Waals surface area contributed by atoms with Crippen molar-refractivity contribution in [3.8, 4) is 0 Å². The van der Waals surface area contributed by atoms with Crippen LogP contribution in [0.3, 0.4) is 0 Å². The molecule has 0 aromatic rings. The van der Waals surface area contributed by atoms with Gasteiger partial charge in [0.2, 0.25) is 0 Å². The highest BCUT2D eigenvalue weighted by atomic mass is 14.9. The molecule has 2 spiro atoms. The standard InChI is InChI=1S/C24H41N.C2H6/c1-5-17-7-6-8-19-20-10-9-18-16(2)21(25-4)11-12-23(18)15-24(20,23)14-13-22(17,19)3;1-2/h16-21,25H,5-15H2,1-4H3;1-2H3. The largest absolute Gasteiger partial charge is 0.317 e. The van der Waals surface area contributed by atoms with E-state index in [1.54, 1.807) is 44.9 Å². The average molecular weight is 374 g/mol. The molecule has 5 saturated carbocycles. The van der Waals surface area contributed by atoms with E-state index in [1.807, 2.05) is 13.8 Å². The molecule has 0 aliphatic heterocycles. The molecule has 0 amide bonds. The molecule has 1 nitrogen and oxygen atoms in total. The molecule has 0 aromatic carbocycles. The Morgan fingerprint density at radius 1 is 0.852 bits per heavy atom. The summed E-state index contributed by atoms with van der Waals surface area (Å²) in [5, 5.41) is 3.66. The molecule has 1 heteroatoms. The van der Waals surface area contributed by atoms with E-state index in [0.717, 1.165) is 46.5 Å². The number of fused-ring (bicyclic) bond motifs is 2. The molecule has 5 aliphatic carbocycles. The fourth-order valence-electron chi connectivity index (χ4n) is 9.95. The highest BCUT2D eigenvalue weighted by Gasteiger charge is 2.78. The molecule has 5 fully saturated rings. The molecule has 0 aromatic heterocycles. The van der Waals surface area contributed by atoms with Crippen molar-refractivity contribution in [2.24, 2.45) is 45.8 Å². The summed E-state index contributed by atoms with van der Waals surface area (Å²) in [5.74, 6) is 5.12. The van der Waals surface area contributed by atoms with Crippen LogP contribution in [0.2, 0.25) is 0 Å². The van der Waals surface area contributed by atoms with Crippen LogP contribution in [-0.2, 0) is 0 Å². The first-order valence-corrected chi connectivity index (χ1v) is 12.7. The number of nitrogens with one attached hydrogen (secondary N) is 1. The molecular formula is C26H47N. The zero-order chi connectivity index (χ0) is 19.4. The molecule has 9 atom stereocenters. The van der Waals surface area contributed by atoms with Crippen LogP contribution in [-0.4, -0.2) is 13.1 Å².